The topological polar surface area (TPSA) is 93.4 Å². The predicted octanol–water partition coefficient (Wildman–Crippen LogP) is 2.66. The Bertz CT molecular complexity index is 737. The van der Waals surface area contributed by atoms with E-state index >= 15 is 0 Å². The molecular formula is C15H14FN2O3P. The molecule has 0 aliphatic rings. The third-order valence-electron chi connectivity index (χ3n) is 3.08. The molecule has 22 heavy (non-hydrogen) atoms. The largest absolute Gasteiger partial charge is 0.346 e. The Hall–Kier alpha value is -2.03. The fourth-order valence-corrected chi connectivity index (χ4v) is 2.90. The maximum Gasteiger partial charge on any atom is 0.346 e. The lowest BCUT2D eigenvalue weighted by Gasteiger charge is -2.20. The van der Waals surface area contributed by atoms with Gasteiger partial charge in [-0.25, -0.2) is 4.39 Å². The molecular weight excluding hydrogens is 306 g/mol. The van der Waals surface area contributed by atoms with Gasteiger partial charge in [-0.15, -0.1) is 0 Å². The number of hydrogen-bond acceptors (Lipinski definition) is 3. The highest BCUT2D eigenvalue weighted by molar-refractivity contribution is 7.52. The molecule has 2 aromatic carbocycles. The molecule has 0 saturated carbocycles. The van der Waals surface area contributed by atoms with Crippen LogP contribution in [-0.4, -0.2) is 9.79 Å². The average Bonchev–Trinajstić information content (AvgIpc) is 2.48. The van der Waals surface area contributed by atoms with Gasteiger partial charge < -0.3 is 9.79 Å². The number of rotatable bonds is 5. The van der Waals surface area contributed by atoms with Crippen LogP contribution in [0.15, 0.2) is 48.5 Å². The molecule has 2 aromatic rings. The maximum atomic E-state index is 12.8. The van der Waals surface area contributed by atoms with Gasteiger partial charge in [0, 0.05) is 6.54 Å². The third-order valence-corrected chi connectivity index (χ3v) is 4.23. The normalized spacial score (nSPS) is 12.6. The third kappa shape index (κ3) is 4.23. The zero-order valence-corrected chi connectivity index (χ0v) is 12.4. The van der Waals surface area contributed by atoms with E-state index in [9.17, 15) is 18.7 Å². The van der Waals surface area contributed by atoms with Crippen molar-refractivity contribution >= 4 is 7.60 Å². The molecule has 0 spiro atoms. The van der Waals surface area contributed by atoms with Crippen molar-refractivity contribution in [2.45, 2.75) is 12.3 Å². The van der Waals surface area contributed by atoms with Crippen molar-refractivity contribution in [3.8, 4) is 6.07 Å². The molecule has 0 heterocycles. The van der Waals surface area contributed by atoms with Crippen LogP contribution in [0.5, 0.6) is 0 Å². The highest BCUT2D eigenvalue weighted by Gasteiger charge is 2.30. The van der Waals surface area contributed by atoms with E-state index < -0.39 is 13.4 Å². The zero-order chi connectivity index (χ0) is 16.2. The fraction of sp³-hybridized carbons (Fsp3) is 0.133. The van der Waals surface area contributed by atoms with Crippen LogP contribution in [0.2, 0.25) is 0 Å². The SMILES string of the molecule is N#Cc1cccc(C(NCc2ccc(F)cc2)P(=O)(O)O)c1. The van der Waals surface area contributed by atoms with Crippen LogP contribution in [0.1, 0.15) is 22.5 Å². The number of nitrogens with one attached hydrogen (secondary N) is 1. The van der Waals surface area contributed by atoms with E-state index in [0.29, 0.717) is 16.7 Å². The zero-order valence-electron chi connectivity index (χ0n) is 11.5. The second-order valence-electron chi connectivity index (χ2n) is 4.74. The van der Waals surface area contributed by atoms with E-state index in [4.69, 9.17) is 5.26 Å². The van der Waals surface area contributed by atoms with E-state index in [2.05, 4.69) is 5.32 Å². The number of benzene rings is 2. The summed E-state index contributed by atoms with van der Waals surface area (Å²) in [7, 11) is -4.47. The molecule has 0 fully saturated rings. The molecule has 0 radical (unpaired) electrons. The second kappa shape index (κ2) is 6.82. The molecule has 0 aliphatic heterocycles. The molecule has 114 valence electrons. The summed E-state index contributed by atoms with van der Waals surface area (Å²) in [5.41, 5.74) is 1.34. The van der Waals surface area contributed by atoms with Crippen LogP contribution in [0.4, 0.5) is 4.39 Å². The molecule has 1 unspecified atom stereocenters. The molecule has 0 aromatic heterocycles. The lowest BCUT2D eigenvalue weighted by molar-refractivity contribution is 0.347. The van der Waals surface area contributed by atoms with Crippen molar-refractivity contribution in [3.05, 3.63) is 71.0 Å². The monoisotopic (exact) mass is 320 g/mol. The Balaban J connectivity index is 2.22. The molecule has 2 rings (SSSR count). The van der Waals surface area contributed by atoms with Gasteiger partial charge >= 0.3 is 7.60 Å². The van der Waals surface area contributed by atoms with Crippen molar-refractivity contribution in [1.82, 2.24) is 5.32 Å². The fourth-order valence-electron chi connectivity index (χ4n) is 2.03. The molecule has 3 N–H and O–H groups in total. The van der Waals surface area contributed by atoms with E-state index in [0.717, 1.165) is 0 Å². The van der Waals surface area contributed by atoms with Gasteiger partial charge in [0.05, 0.1) is 11.6 Å². The number of hydrogen-bond donors (Lipinski definition) is 3. The van der Waals surface area contributed by atoms with Crippen molar-refractivity contribution in [2.24, 2.45) is 0 Å². The molecule has 0 saturated heterocycles. The Morgan fingerprint density at radius 1 is 1.23 bits per heavy atom. The quantitative estimate of drug-likeness (QED) is 0.737. The van der Waals surface area contributed by atoms with Crippen molar-refractivity contribution in [3.63, 3.8) is 0 Å². The van der Waals surface area contributed by atoms with E-state index in [1.165, 1.54) is 30.3 Å². The van der Waals surface area contributed by atoms with Gasteiger partial charge in [0.1, 0.15) is 11.6 Å². The summed E-state index contributed by atoms with van der Waals surface area (Å²) in [6.45, 7) is 0.160. The van der Waals surface area contributed by atoms with Crippen LogP contribution < -0.4 is 5.32 Å². The Morgan fingerprint density at radius 2 is 1.91 bits per heavy atom. The van der Waals surface area contributed by atoms with Crippen molar-refractivity contribution < 1.29 is 18.7 Å². The van der Waals surface area contributed by atoms with Gasteiger partial charge in [-0.1, -0.05) is 24.3 Å². The summed E-state index contributed by atoms with van der Waals surface area (Å²) < 4.78 is 24.5. The average molecular weight is 320 g/mol. The lowest BCUT2D eigenvalue weighted by atomic mass is 10.1. The molecule has 7 heteroatoms. The van der Waals surface area contributed by atoms with Gasteiger partial charge in [-0.2, -0.15) is 5.26 Å². The molecule has 0 amide bonds. The Labute approximate surface area is 127 Å². The van der Waals surface area contributed by atoms with Gasteiger partial charge in [-0.3, -0.25) is 9.88 Å². The summed E-state index contributed by atoms with van der Waals surface area (Å²) in [5, 5.41) is 11.6. The minimum atomic E-state index is -4.47. The van der Waals surface area contributed by atoms with Crippen molar-refractivity contribution in [1.29, 1.82) is 5.26 Å². The molecule has 0 bridgehead atoms. The van der Waals surface area contributed by atoms with Crippen molar-refractivity contribution in [2.75, 3.05) is 0 Å². The lowest BCUT2D eigenvalue weighted by Crippen LogP contribution is -2.21. The van der Waals surface area contributed by atoms with E-state index in [1.54, 1.807) is 18.2 Å². The maximum absolute atomic E-state index is 12.8. The van der Waals surface area contributed by atoms with Gasteiger partial charge in [-0.05, 0) is 35.4 Å². The molecule has 5 nitrogen and oxygen atoms in total. The molecule has 1 atom stereocenters. The van der Waals surface area contributed by atoms with E-state index in [1.807, 2.05) is 6.07 Å². The first-order valence-electron chi connectivity index (χ1n) is 6.43. The van der Waals surface area contributed by atoms with Crippen LogP contribution in [-0.2, 0) is 11.1 Å². The predicted molar refractivity (Wildman–Crippen MR) is 79.2 cm³/mol. The summed E-state index contributed by atoms with van der Waals surface area (Å²) in [4.78, 5) is 19.0. The number of nitriles is 1. The number of halogens is 1. The molecule has 0 aliphatic carbocycles. The Morgan fingerprint density at radius 3 is 2.50 bits per heavy atom. The van der Waals surface area contributed by atoms with Crippen LogP contribution in [0.25, 0.3) is 0 Å². The summed E-state index contributed by atoms with van der Waals surface area (Å²) in [6.07, 6.45) is 0. The second-order valence-corrected chi connectivity index (χ2v) is 6.43. The van der Waals surface area contributed by atoms with Gasteiger partial charge in [0.25, 0.3) is 0 Å². The Kier molecular flexibility index (Phi) is 5.07. The standard InChI is InChI=1S/C15H14FN2O3P/c16-14-6-4-11(5-7-14)10-18-15(22(19,20)21)13-3-1-2-12(8-13)9-17/h1-8,15,18H,10H2,(H2,19,20,21). The summed E-state index contributed by atoms with van der Waals surface area (Å²) in [5.74, 6) is -1.61. The first-order valence-corrected chi connectivity index (χ1v) is 8.11. The van der Waals surface area contributed by atoms with Gasteiger partial charge in [0.15, 0.2) is 0 Å². The van der Waals surface area contributed by atoms with E-state index in [-0.39, 0.29) is 12.4 Å². The first-order chi connectivity index (χ1) is 10.4. The number of nitrogens with zero attached hydrogens (tertiary/aromatic N) is 1. The minimum Gasteiger partial charge on any atom is -0.323 e. The van der Waals surface area contributed by atoms with Crippen LogP contribution in [0, 0.1) is 17.1 Å². The highest BCUT2D eigenvalue weighted by Crippen LogP contribution is 2.50. The van der Waals surface area contributed by atoms with Crippen LogP contribution in [0.3, 0.4) is 0 Å². The first kappa shape index (κ1) is 16.3. The summed E-state index contributed by atoms with van der Waals surface area (Å²) >= 11 is 0. The highest BCUT2D eigenvalue weighted by atomic mass is 31.2. The summed E-state index contributed by atoms with van der Waals surface area (Å²) in [6, 6.07) is 13.6. The van der Waals surface area contributed by atoms with Crippen LogP contribution >= 0.6 is 7.60 Å². The van der Waals surface area contributed by atoms with Gasteiger partial charge in [0.2, 0.25) is 0 Å². The smallest absolute Gasteiger partial charge is 0.323 e. The minimum absolute atomic E-state index is 0.160.